The number of carbonyl (C=O) groups is 1. The van der Waals surface area contributed by atoms with Crippen LogP contribution in [-0.2, 0) is 16.1 Å². The van der Waals surface area contributed by atoms with Gasteiger partial charge in [-0.15, -0.1) is 0 Å². The molecule has 1 heterocycles. The van der Waals surface area contributed by atoms with Gasteiger partial charge in [0, 0.05) is 22.4 Å². The average Bonchev–Trinajstić information content (AvgIpc) is 3.06. The number of ether oxygens (including phenoxy) is 1. The lowest BCUT2D eigenvalue weighted by molar-refractivity contribution is -0.112. The smallest absolute Gasteiger partial charge is 0.255 e. The summed E-state index contributed by atoms with van der Waals surface area (Å²) in [6.07, 6.45) is 9.79. The molecule has 0 fully saturated rings. The van der Waals surface area contributed by atoms with E-state index in [2.05, 4.69) is 30.8 Å². The van der Waals surface area contributed by atoms with Gasteiger partial charge in [-0.1, -0.05) is 44.5 Å². The molecule has 0 unspecified atom stereocenters. The molecule has 6 heteroatoms. The van der Waals surface area contributed by atoms with Crippen molar-refractivity contribution >= 4 is 23.2 Å². The summed E-state index contributed by atoms with van der Waals surface area (Å²) >= 11 is 5.99. The van der Waals surface area contributed by atoms with E-state index in [4.69, 9.17) is 16.3 Å². The zero-order chi connectivity index (χ0) is 20.4. The first-order valence-electron chi connectivity index (χ1n) is 9.11. The Balaban J connectivity index is 0.00000114. The number of allylic oxidation sites excluding steroid dienone is 5. The summed E-state index contributed by atoms with van der Waals surface area (Å²) in [6, 6.07) is 0. The molecule has 0 aromatic carbocycles. The maximum Gasteiger partial charge on any atom is 0.255 e. The third-order valence-electron chi connectivity index (χ3n) is 3.78. The first kappa shape index (κ1) is 22.8. The number of hydrogen-bond donors (Lipinski definition) is 1. The zero-order valence-corrected chi connectivity index (χ0v) is 17.7. The highest BCUT2D eigenvalue weighted by atomic mass is 35.5. The van der Waals surface area contributed by atoms with Gasteiger partial charge in [-0.25, -0.2) is 0 Å². The predicted octanol–water partition coefficient (Wildman–Crippen LogP) is 5.58. The molecule has 0 aliphatic heterocycles. The van der Waals surface area contributed by atoms with E-state index in [9.17, 15) is 4.79 Å². The van der Waals surface area contributed by atoms with Crippen molar-refractivity contribution in [3.63, 3.8) is 0 Å². The van der Waals surface area contributed by atoms with E-state index < -0.39 is 0 Å². The molecule has 1 N–H and O–H groups in total. The Hall–Kier alpha value is -2.27. The molecule has 0 spiro atoms. The number of carbonyl (C=O) groups excluding carboxylic acids is 1. The number of anilines is 1. The molecule has 1 aliphatic carbocycles. The Morgan fingerprint density at radius 2 is 2.07 bits per heavy atom. The topological polar surface area (TPSA) is 56.2 Å². The molecule has 0 saturated carbocycles. The Morgan fingerprint density at radius 1 is 1.41 bits per heavy atom. The van der Waals surface area contributed by atoms with Crippen molar-refractivity contribution in [2.75, 3.05) is 12.4 Å². The fourth-order valence-electron chi connectivity index (χ4n) is 2.37. The van der Waals surface area contributed by atoms with Crippen LogP contribution in [0.4, 0.5) is 5.69 Å². The number of nitrogens with one attached hydrogen (secondary N) is 1. The van der Waals surface area contributed by atoms with Crippen LogP contribution in [-0.4, -0.2) is 22.8 Å². The second-order valence-electron chi connectivity index (χ2n) is 6.40. The van der Waals surface area contributed by atoms with E-state index in [1.807, 2.05) is 19.9 Å². The van der Waals surface area contributed by atoms with Gasteiger partial charge in [0.1, 0.15) is 0 Å². The Bertz CT molecular complexity index is 757. The fraction of sp³-hybridized carbons (Fsp3) is 0.429. The Morgan fingerprint density at radius 3 is 2.63 bits per heavy atom. The number of methoxy groups -OCH3 is 1. The second-order valence-corrected chi connectivity index (χ2v) is 6.88. The fourth-order valence-corrected chi connectivity index (χ4v) is 2.60. The predicted molar refractivity (Wildman–Crippen MR) is 113 cm³/mol. The normalized spacial score (nSPS) is 14.1. The molecule has 2 rings (SSSR count). The lowest BCUT2D eigenvalue weighted by Crippen LogP contribution is -2.14. The van der Waals surface area contributed by atoms with E-state index in [1.54, 1.807) is 30.3 Å². The molecule has 148 valence electrons. The van der Waals surface area contributed by atoms with E-state index in [1.165, 1.54) is 6.42 Å². The van der Waals surface area contributed by atoms with Crippen molar-refractivity contribution in [3.05, 3.63) is 58.6 Å². The zero-order valence-electron chi connectivity index (χ0n) is 16.9. The lowest BCUT2D eigenvalue weighted by Gasteiger charge is -2.11. The van der Waals surface area contributed by atoms with Gasteiger partial charge in [0.15, 0.2) is 0 Å². The van der Waals surface area contributed by atoms with Crippen LogP contribution in [0.1, 0.15) is 47.0 Å². The maximum atomic E-state index is 12.2. The van der Waals surface area contributed by atoms with E-state index in [-0.39, 0.29) is 5.91 Å². The summed E-state index contributed by atoms with van der Waals surface area (Å²) in [4.78, 5) is 12.2. The van der Waals surface area contributed by atoms with Gasteiger partial charge in [0.2, 0.25) is 0 Å². The number of rotatable bonds is 6. The maximum absolute atomic E-state index is 12.2. The summed E-state index contributed by atoms with van der Waals surface area (Å²) in [6.45, 7) is 12.6. The molecule has 0 saturated heterocycles. The molecule has 0 bridgehead atoms. The van der Waals surface area contributed by atoms with Gasteiger partial charge < -0.3 is 10.1 Å². The summed E-state index contributed by atoms with van der Waals surface area (Å²) in [5.41, 5.74) is 3.11. The third-order valence-corrected chi connectivity index (χ3v) is 4.08. The van der Waals surface area contributed by atoms with Crippen molar-refractivity contribution in [2.24, 2.45) is 0 Å². The highest BCUT2D eigenvalue weighted by Gasteiger charge is 2.13. The third kappa shape index (κ3) is 7.47. The van der Waals surface area contributed by atoms with Crippen LogP contribution in [0.5, 0.6) is 0 Å². The highest BCUT2D eigenvalue weighted by molar-refractivity contribution is 6.30. The minimum atomic E-state index is -0.184. The number of amides is 1. The van der Waals surface area contributed by atoms with Crippen molar-refractivity contribution in [3.8, 4) is 0 Å². The van der Waals surface area contributed by atoms with Crippen LogP contribution in [0.3, 0.4) is 0 Å². The van der Waals surface area contributed by atoms with Crippen molar-refractivity contribution < 1.29 is 9.53 Å². The number of aromatic nitrogens is 2. The van der Waals surface area contributed by atoms with Crippen LogP contribution in [0.2, 0.25) is 0 Å². The number of nitrogens with zero attached hydrogens (tertiary/aromatic N) is 2. The quantitative estimate of drug-likeness (QED) is 0.508. The van der Waals surface area contributed by atoms with Crippen molar-refractivity contribution in [1.82, 2.24) is 9.78 Å². The van der Waals surface area contributed by atoms with E-state index in [0.717, 1.165) is 29.7 Å². The van der Waals surface area contributed by atoms with Gasteiger partial charge >= 0.3 is 0 Å². The first-order valence-corrected chi connectivity index (χ1v) is 9.49. The number of hydrogen-bond acceptors (Lipinski definition) is 3. The number of halogens is 1. The van der Waals surface area contributed by atoms with Crippen LogP contribution in [0.25, 0.3) is 0 Å². The molecular weight excluding hydrogens is 362 g/mol. The molecule has 5 nitrogen and oxygen atoms in total. The molecule has 0 atom stereocenters. The molecule has 1 amide bonds. The van der Waals surface area contributed by atoms with E-state index >= 15 is 0 Å². The largest absolute Gasteiger partial charge is 0.501 e. The van der Waals surface area contributed by atoms with Gasteiger partial charge in [-0.2, -0.15) is 5.10 Å². The van der Waals surface area contributed by atoms with Crippen LogP contribution < -0.4 is 5.32 Å². The first-order chi connectivity index (χ1) is 12.8. The SMILES string of the molecule is C=C(C)/C(Cn1cc(NC(=O)C2=CCCC(Cl)=C2)cn1)=C(/C)OC.CCC. The summed E-state index contributed by atoms with van der Waals surface area (Å²) < 4.78 is 7.02. The van der Waals surface area contributed by atoms with Crippen LogP contribution in [0.15, 0.2) is 58.6 Å². The van der Waals surface area contributed by atoms with Crippen molar-refractivity contribution in [2.45, 2.75) is 53.5 Å². The van der Waals surface area contributed by atoms with Gasteiger partial charge in [0.05, 0.1) is 31.3 Å². The van der Waals surface area contributed by atoms with Gasteiger partial charge in [0.25, 0.3) is 5.91 Å². The second kappa shape index (κ2) is 11.4. The summed E-state index contributed by atoms with van der Waals surface area (Å²) in [5.74, 6) is 0.617. The minimum Gasteiger partial charge on any atom is -0.501 e. The van der Waals surface area contributed by atoms with Crippen LogP contribution >= 0.6 is 11.6 Å². The Kier molecular flexibility index (Phi) is 9.65. The lowest BCUT2D eigenvalue weighted by atomic mass is 10.1. The highest BCUT2D eigenvalue weighted by Crippen LogP contribution is 2.21. The molecular formula is C21H30ClN3O2. The van der Waals surface area contributed by atoms with Gasteiger partial charge in [-0.3, -0.25) is 9.48 Å². The van der Waals surface area contributed by atoms with Crippen molar-refractivity contribution in [1.29, 1.82) is 0 Å². The molecule has 1 aromatic heterocycles. The molecule has 1 aromatic rings. The monoisotopic (exact) mass is 391 g/mol. The molecule has 27 heavy (non-hydrogen) atoms. The average molecular weight is 392 g/mol. The molecule has 1 aliphatic rings. The Labute approximate surface area is 167 Å². The molecule has 0 radical (unpaired) electrons. The minimum absolute atomic E-state index is 0.184. The van der Waals surface area contributed by atoms with E-state index in [0.29, 0.717) is 22.8 Å². The summed E-state index contributed by atoms with van der Waals surface area (Å²) in [5, 5.41) is 7.81. The van der Waals surface area contributed by atoms with Gasteiger partial charge in [-0.05, 0) is 38.3 Å². The summed E-state index contributed by atoms with van der Waals surface area (Å²) in [7, 11) is 1.63. The van der Waals surface area contributed by atoms with Crippen LogP contribution in [0, 0.1) is 0 Å². The standard InChI is InChI=1S/C18H22ClN3O2.C3H8/c1-12(2)17(13(3)24-4)11-22-10-16(9-20-22)21-18(23)14-6-5-7-15(19)8-14;1-3-2/h6,8-10H,1,5,7,11H2,2-4H3,(H,21,23);3H2,1-2H3/b17-13-;.